The first-order chi connectivity index (χ1) is 13.0. The van der Waals surface area contributed by atoms with E-state index in [2.05, 4.69) is 5.32 Å². The zero-order valence-electron chi connectivity index (χ0n) is 15.6. The molecule has 2 aromatic rings. The van der Waals surface area contributed by atoms with Crippen LogP contribution in [0.25, 0.3) is 0 Å². The average molecular weight is 366 g/mol. The molecule has 1 saturated heterocycles. The van der Waals surface area contributed by atoms with Crippen molar-refractivity contribution in [3.05, 3.63) is 71.3 Å². The number of benzene rings is 2. The quantitative estimate of drug-likeness (QED) is 0.855. The van der Waals surface area contributed by atoms with Gasteiger partial charge >= 0.3 is 0 Å². The van der Waals surface area contributed by atoms with Crippen molar-refractivity contribution in [3.63, 3.8) is 0 Å². The number of amides is 2. The van der Waals surface area contributed by atoms with E-state index in [9.17, 15) is 14.7 Å². The number of carbonyl (C=O) groups is 2. The van der Waals surface area contributed by atoms with Crippen LogP contribution in [-0.2, 0) is 4.79 Å². The van der Waals surface area contributed by atoms with E-state index in [1.165, 1.54) is 0 Å². The molecule has 2 aromatic carbocycles. The van der Waals surface area contributed by atoms with Crippen LogP contribution >= 0.6 is 0 Å². The summed E-state index contributed by atoms with van der Waals surface area (Å²) in [6.45, 7) is 3.25. The van der Waals surface area contributed by atoms with Gasteiger partial charge in [0.05, 0.1) is 12.0 Å². The van der Waals surface area contributed by atoms with Crippen molar-refractivity contribution in [2.75, 3.05) is 19.6 Å². The van der Waals surface area contributed by atoms with Gasteiger partial charge < -0.3 is 15.3 Å². The van der Waals surface area contributed by atoms with E-state index in [-0.39, 0.29) is 24.3 Å². The van der Waals surface area contributed by atoms with Crippen LogP contribution in [0.5, 0.6) is 0 Å². The van der Waals surface area contributed by atoms with E-state index in [0.29, 0.717) is 18.7 Å². The topological polar surface area (TPSA) is 69.6 Å². The molecule has 0 spiro atoms. The van der Waals surface area contributed by atoms with Crippen LogP contribution in [0.4, 0.5) is 0 Å². The Balaban J connectivity index is 1.53. The van der Waals surface area contributed by atoms with E-state index >= 15 is 0 Å². The van der Waals surface area contributed by atoms with Gasteiger partial charge in [0, 0.05) is 25.2 Å². The van der Waals surface area contributed by atoms with E-state index in [1.54, 1.807) is 17.0 Å². The molecule has 1 fully saturated rings. The highest BCUT2D eigenvalue weighted by atomic mass is 16.3. The first-order valence-corrected chi connectivity index (χ1v) is 9.41. The molecular formula is C22H26N2O3. The van der Waals surface area contributed by atoms with Crippen molar-refractivity contribution < 1.29 is 14.7 Å². The van der Waals surface area contributed by atoms with Crippen LogP contribution < -0.4 is 5.32 Å². The molecule has 0 aromatic heterocycles. The van der Waals surface area contributed by atoms with Crippen molar-refractivity contribution >= 4 is 11.8 Å². The highest BCUT2D eigenvalue weighted by Gasteiger charge is 2.29. The Morgan fingerprint density at radius 3 is 2.56 bits per heavy atom. The Labute approximate surface area is 160 Å². The largest absolute Gasteiger partial charge is 0.387 e. The molecular weight excluding hydrogens is 340 g/mol. The van der Waals surface area contributed by atoms with Crippen molar-refractivity contribution in [2.45, 2.75) is 25.9 Å². The molecule has 27 heavy (non-hydrogen) atoms. The van der Waals surface area contributed by atoms with E-state index < -0.39 is 6.10 Å². The van der Waals surface area contributed by atoms with Gasteiger partial charge in [-0.05, 0) is 37.5 Å². The number of hydrogen-bond acceptors (Lipinski definition) is 3. The van der Waals surface area contributed by atoms with Gasteiger partial charge in [-0.15, -0.1) is 0 Å². The molecule has 2 amide bonds. The molecule has 2 N–H and O–H groups in total. The number of piperidine rings is 1. The summed E-state index contributed by atoms with van der Waals surface area (Å²) in [6.07, 6.45) is 0.822. The number of hydrogen-bond donors (Lipinski definition) is 2. The Kier molecular flexibility index (Phi) is 6.24. The lowest BCUT2D eigenvalue weighted by Gasteiger charge is -2.32. The number of nitrogens with one attached hydrogen (secondary N) is 1. The maximum atomic E-state index is 12.6. The van der Waals surface area contributed by atoms with Gasteiger partial charge in [-0.1, -0.05) is 48.0 Å². The van der Waals surface area contributed by atoms with Crippen molar-refractivity contribution in [1.29, 1.82) is 0 Å². The number of likely N-dealkylation sites (tertiary alicyclic amines) is 1. The predicted octanol–water partition coefficient (Wildman–Crippen LogP) is 2.70. The van der Waals surface area contributed by atoms with Crippen LogP contribution in [0.1, 0.15) is 40.4 Å². The highest BCUT2D eigenvalue weighted by molar-refractivity contribution is 5.94. The lowest BCUT2D eigenvalue weighted by Crippen LogP contribution is -2.46. The number of aliphatic hydroxyl groups excluding tert-OH is 1. The second-order valence-corrected chi connectivity index (χ2v) is 7.13. The number of carbonyl (C=O) groups excluding carboxylic acids is 2. The second kappa shape index (κ2) is 8.82. The Morgan fingerprint density at radius 1 is 1.15 bits per heavy atom. The summed E-state index contributed by atoms with van der Waals surface area (Å²) in [6, 6.07) is 16.8. The number of aryl methyl sites for hydroxylation is 1. The molecule has 1 aliphatic rings. The third-order valence-electron chi connectivity index (χ3n) is 5.03. The maximum Gasteiger partial charge on any atom is 0.253 e. The summed E-state index contributed by atoms with van der Waals surface area (Å²) < 4.78 is 0. The minimum absolute atomic E-state index is 0.0345. The second-order valence-electron chi connectivity index (χ2n) is 7.13. The standard InChI is InChI=1S/C22H26N2O3/c1-16-9-11-17(12-10-16)20(25)14-23-21(26)19-8-5-13-24(15-19)22(27)18-6-3-2-4-7-18/h2-4,6-7,9-12,19-20,25H,5,8,13-15H2,1H3,(H,23,26). The molecule has 5 heteroatoms. The Hall–Kier alpha value is -2.66. The molecule has 142 valence electrons. The summed E-state index contributed by atoms with van der Waals surface area (Å²) in [7, 11) is 0. The van der Waals surface area contributed by atoms with Crippen molar-refractivity contribution in [3.8, 4) is 0 Å². The van der Waals surface area contributed by atoms with Gasteiger partial charge in [0.15, 0.2) is 0 Å². The smallest absolute Gasteiger partial charge is 0.253 e. The summed E-state index contributed by atoms with van der Waals surface area (Å²) in [5, 5.41) is 13.1. The fraction of sp³-hybridized carbons (Fsp3) is 0.364. The third kappa shape index (κ3) is 4.95. The molecule has 0 bridgehead atoms. The lowest BCUT2D eigenvalue weighted by molar-refractivity contribution is -0.126. The maximum absolute atomic E-state index is 12.6. The first-order valence-electron chi connectivity index (χ1n) is 9.41. The van der Waals surface area contributed by atoms with Crippen LogP contribution in [0.2, 0.25) is 0 Å². The highest BCUT2D eigenvalue weighted by Crippen LogP contribution is 2.19. The summed E-state index contributed by atoms with van der Waals surface area (Å²) in [4.78, 5) is 26.9. The van der Waals surface area contributed by atoms with E-state index in [4.69, 9.17) is 0 Å². The first kappa shape index (κ1) is 19.1. The minimum Gasteiger partial charge on any atom is -0.387 e. The van der Waals surface area contributed by atoms with Gasteiger partial charge in [-0.3, -0.25) is 9.59 Å². The van der Waals surface area contributed by atoms with Crippen molar-refractivity contribution in [2.24, 2.45) is 5.92 Å². The van der Waals surface area contributed by atoms with Gasteiger partial charge in [-0.25, -0.2) is 0 Å². The lowest BCUT2D eigenvalue weighted by atomic mass is 9.96. The minimum atomic E-state index is -0.736. The van der Waals surface area contributed by atoms with Crippen molar-refractivity contribution in [1.82, 2.24) is 10.2 Å². The monoisotopic (exact) mass is 366 g/mol. The molecule has 1 heterocycles. The molecule has 5 nitrogen and oxygen atoms in total. The average Bonchev–Trinajstić information content (AvgIpc) is 2.72. The molecule has 0 saturated carbocycles. The van der Waals surface area contributed by atoms with E-state index in [1.807, 2.05) is 49.4 Å². The summed E-state index contributed by atoms with van der Waals surface area (Å²) in [5.74, 6) is -0.379. The Bertz CT molecular complexity index is 774. The molecule has 3 rings (SSSR count). The Morgan fingerprint density at radius 2 is 1.85 bits per heavy atom. The van der Waals surface area contributed by atoms with Crippen LogP contribution in [-0.4, -0.2) is 41.5 Å². The fourth-order valence-corrected chi connectivity index (χ4v) is 3.39. The number of aliphatic hydroxyl groups is 1. The molecule has 0 radical (unpaired) electrons. The fourth-order valence-electron chi connectivity index (χ4n) is 3.39. The van der Waals surface area contributed by atoms with Gasteiger partial charge in [0.1, 0.15) is 0 Å². The van der Waals surface area contributed by atoms with Gasteiger partial charge in [0.25, 0.3) is 5.91 Å². The molecule has 0 aliphatic carbocycles. The number of rotatable bonds is 5. The predicted molar refractivity (Wildman–Crippen MR) is 104 cm³/mol. The van der Waals surface area contributed by atoms with Crippen LogP contribution in [0.3, 0.4) is 0 Å². The number of nitrogens with zero attached hydrogens (tertiary/aromatic N) is 1. The molecule has 2 atom stereocenters. The summed E-state index contributed by atoms with van der Waals surface area (Å²) in [5.41, 5.74) is 2.55. The molecule has 1 aliphatic heterocycles. The molecule has 2 unspecified atom stereocenters. The normalized spacial score (nSPS) is 18.0. The summed E-state index contributed by atoms with van der Waals surface area (Å²) >= 11 is 0. The van der Waals surface area contributed by atoms with Crippen LogP contribution in [0, 0.1) is 12.8 Å². The third-order valence-corrected chi connectivity index (χ3v) is 5.03. The van der Waals surface area contributed by atoms with Gasteiger partial charge in [-0.2, -0.15) is 0 Å². The zero-order chi connectivity index (χ0) is 19.2. The van der Waals surface area contributed by atoms with Gasteiger partial charge in [0.2, 0.25) is 5.91 Å². The van der Waals surface area contributed by atoms with Crippen LogP contribution in [0.15, 0.2) is 54.6 Å². The SMILES string of the molecule is Cc1ccc(C(O)CNC(=O)C2CCCN(C(=O)c3ccccc3)C2)cc1. The zero-order valence-corrected chi connectivity index (χ0v) is 15.6. The van der Waals surface area contributed by atoms with E-state index in [0.717, 1.165) is 24.0 Å².